The highest BCUT2D eigenvalue weighted by Crippen LogP contribution is 2.02. The molecule has 26 heavy (non-hydrogen) atoms. The second-order valence-electron chi connectivity index (χ2n) is 5.89. The lowest BCUT2D eigenvalue weighted by atomic mass is 10.3. The van der Waals surface area contributed by atoms with E-state index in [9.17, 15) is 19.2 Å². The third-order valence-corrected chi connectivity index (χ3v) is 3.93. The van der Waals surface area contributed by atoms with Gasteiger partial charge in [-0.15, -0.1) is 0 Å². The van der Waals surface area contributed by atoms with Crippen LogP contribution in [0.3, 0.4) is 0 Å². The predicted octanol–water partition coefficient (Wildman–Crippen LogP) is -0.729. The Morgan fingerprint density at radius 1 is 0.923 bits per heavy atom. The van der Waals surface area contributed by atoms with Crippen LogP contribution in [0.5, 0.6) is 0 Å². The zero-order chi connectivity index (χ0) is 19.5. The van der Waals surface area contributed by atoms with Crippen LogP contribution in [0, 0.1) is 0 Å². The molecule has 0 bridgehead atoms. The van der Waals surface area contributed by atoms with Crippen molar-refractivity contribution >= 4 is 23.6 Å². The molecule has 0 N–H and O–H groups in total. The zero-order valence-corrected chi connectivity index (χ0v) is 15.6. The quantitative estimate of drug-likeness (QED) is 0.332. The number of amides is 4. The number of ether oxygens (including phenoxy) is 2. The maximum atomic E-state index is 11.9. The topological polar surface area (TPSA) is 96.5 Å². The Balaban J connectivity index is 1.99. The van der Waals surface area contributed by atoms with Crippen LogP contribution in [0.2, 0.25) is 0 Å². The number of imide groups is 1. The molecule has 9 heteroatoms. The van der Waals surface area contributed by atoms with Crippen LogP contribution in [0.15, 0.2) is 12.2 Å². The largest absolute Gasteiger partial charge is 0.379 e. The van der Waals surface area contributed by atoms with Gasteiger partial charge in [-0.2, -0.15) is 0 Å². The molecule has 0 saturated carbocycles. The molecule has 0 aliphatic carbocycles. The third-order valence-electron chi connectivity index (χ3n) is 3.93. The van der Waals surface area contributed by atoms with Crippen molar-refractivity contribution < 1.29 is 28.7 Å². The minimum absolute atomic E-state index is 0.0380. The molecule has 9 nitrogen and oxygen atoms in total. The fourth-order valence-electron chi connectivity index (χ4n) is 2.06. The second-order valence-corrected chi connectivity index (χ2v) is 5.89. The normalized spacial score (nSPS) is 13.4. The Morgan fingerprint density at radius 3 is 2.04 bits per heavy atom. The average molecular weight is 369 g/mol. The maximum absolute atomic E-state index is 11.9. The first-order valence-electron chi connectivity index (χ1n) is 8.47. The molecule has 0 aromatic heterocycles. The van der Waals surface area contributed by atoms with E-state index in [2.05, 4.69) is 0 Å². The molecule has 4 amide bonds. The van der Waals surface area contributed by atoms with Crippen LogP contribution in [0.25, 0.3) is 0 Å². The lowest BCUT2D eigenvalue weighted by Crippen LogP contribution is -2.36. The lowest BCUT2D eigenvalue weighted by molar-refractivity contribution is -0.137. The Bertz CT molecular complexity index is 531. The SMILES string of the molecule is CC(=O)N(C)CCN(C)C(=O)CCOCCOCCN1C(=O)C=CC1=O. The van der Waals surface area contributed by atoms with Crippen molar-refractivity contribution in [3.8, 4) is 0 Å². The van der Waals surface area contributed by atoms with Gasteiger partial charge in [-0.3, -0.25) is 24.1 Å². The van der Waals surface area contributed by atoms with Crippen molar-refractivity contribution in [1.29, 1.82) is 0 Å². The number of nitrogens with zero attached hydrogens (tertiary/aromatic N) is 3. The molecule has 1 rings (SSSR count). The van der Waals surface area contributed by atoms with Gasteiger partial charge in [0.15, 0.2) is 0 Å². The van der Waals surface area contributed by atoms with Crippen LogP contribution < -0.4 is 0 Å². The van der Waals surface area contributed by atoms with Crippen molar-refractivity contribution in [2.24, 2.45) is 0 Å². The van der Waals surface area contributed by atoms with Crippen molar-refractivity contribution in [1.82, 2.24) is 14.7 Å². The third kappa shape index (κ3) is 7.75. The van der Waals surface area contributed by atoms with E-state index in [0.29, 0.717) is 26.3 Å². The zero-order valence-electron chi connectivity index (χ0n) is 15.6. The Morgan fingerprint density at radius 2 is 1.46 bits per heavy atom. The van der Waals surface area contributed by atoms with Gasteiger partial charge in [-0.25, -0.2) is 0 Å². The maximum Gasteiger partial charge on any atom is 0.253 e. The molecule has 146 valence electrons. The fraction of sp³-hybridized carbons (Fsp3) is 0.647. The summed E-state index contributed by atoms with van der Waals surface area (Å²) in [6, 6.07) is 0. The highest BCUT2D eigenvalue weighted by Gasteiger charge is 2.22. The molecule has 0 aromatic carbocycles. The molecule has 0 atom stereocenters. The van der Waals surface area contributed by atoms with Gasteiger partial charge >= 0.3 is 0 Å². The van der Waals surface area contributed by atoms with Crippen LogP contribution in [-0.2, 0) is 28.7 Å². The average Bonchev–Trinajstić information content (AvgIpc) is 2.92. The summed E-state index contributed by atoms with van der Waals surface area (Å²) in [4.78, 5) is 49.9. The number of carbonyl (C=O) groups is 4. The van der Waals surface area contributed by atoms with Gasteiger partial charge in [0.1, 0.15) is 0 Å². The van der Waals surface area contributed by atoms with Gasteiger partial charge in [0.05, 0.1) is 39.4 Å². The van der Waals surface area contributed by atoms with Crippen LogP contribution in [0.1, 0.15) is 13.3 Å². The number of hydrogen-bond donors (Lipinski definition) is 0. The summed E-state index contributed by atoms with van der Waals surface area (Å²) in [6.07, 6.45) is 2.72. The number of carbonyl (C=O) groups excluding carboxylic acids is 4. The summed E-state index contributed by atoms with van der Waals surface area (Å²) in [7, 11) is 3.38. The summed E-state index contributed by atoms with van der Waals surface area (Å²) in [5.41, 5.74) is 0. The molecular formula is C17H27N3O6. The molecule has 1 aliphatic heterocycles. The van der Waals surface area contributed by atoms with E-state index < -0.39 is 0 Å². The first-order valence-corrected chi connectivity index (χ1v) is 8.47. The standard InChI is InChI=1S/C17H27N3O6/c1-14(21)18(2)7-8-19(3)15(22)6-10-25-12-13-26-11-9-20-16(23)4-5-17(20)24/h4-5H,6-13H2,1-3H3. The van der Waals surface area contributed by atoms with E-state index in [-0.39, 0.29) is 49.8 Å². The lowest BCUT2D eigenvalue weighted by Gasteiger charge is -2.21. The predicted molar refractivity (Wildman–Crippen MR) is 93.1 cm³/mol. The van der Waals surface area contributed by atoms with Crippen LogP contribution >= 0.6 is 0 Å². The number of hydrogen-bond acceptors (Lipinski definition) is 6. The fourth-order valence-corrected chi connectivity index (χ4v) is 2.06. The minimum atomic E-state index is -0.327. The molecule has 0 unspecified atom stereocenters. The summed E-state index contributed by atoms with van der Waals surface area (Å²) in [5.74, 6) is -0.746. The molecule has 0 radical (unpaired) electrons. The molecule has 1 heterocycles. The molecule has 0 aromatic rings. The molecular weight excluding hydrogens is 342 g/mol. The summed E-state index contributed by atoms with van der Waals surface area (Å²) < 4.78 is 10.6. The Labute approximate surface area is 153 Å². The first kappa shape index (κ1) is 21.8. The molecule has 0 fully saturated rings. The molecule has 1 aliphatic rings. The Hall–Kier alpha value is -2.26. The van der Waals surface area contributed by atoms with Gasteiger partial charge in [-0.05, 0) is 0 Å². The smallest absolute Gasteiger partial charge is 0.253 e. The monoisotopic (exact) mass is 369 g/mol. The van der Waals surface area contributed by atoms with Gasteiger partial charge in [0.25, 0.3) is 11.8 Å². The summed E-state index contributed by atoms with van der Waals surface area (Å²) >= 11 is 0. The first-order chi connectivity index (χ1) is 12.3. The van der Waals surface area contributed by atoms with E-state index in [4.69, 9.17) is 9.47 Å². The van der Waals surface area contributed by atoms with Crippen molar-refractivity contribution in [2.45, 2.75) is 13.3 Å². The van der Waals surface area contributed by atoms with E-state index in [1.807, 2.05) is 0 Å². The second kappa shape index (κ2) is 11.4. The summed E-state index contributed by atoms with van der Waals surface area (Å²) in [5, 5.41) is 0. The molecule has 0 saturated heterocycles. The highest BCUT2D eigenvalue weighted by molar-refractivity contribution is 6.12. The van der Waals surface area contributed by atoms with E-state index in [0.717, 1.165) is 4.90 Å². The van der Waals surface area contributed by atoms with Gasteiger partial charge in [0.2, 0.25) is 11.8 Å². The van der Waals surface area contributed by atoms with E-state index in [1.54, 1.807) is 23.9 Å². The number of likely N-dealkylation sites (N-methyl/N-ethyl adjacent to an activating group) is 2. The van der Waals surface area contributed by atoms with E-state index in [1.165, 1.54) is 19.1 Å². The highest BCUT2D eigenvalue weighted by atomic mass is 16.5. The number of rotatable bonds is 12. The van der Waals surface area contributed by atoms with Crippen LogP contribution in [-0.4, -0.2) is 98.5 Å². The van der Waals surface area contributed by atoms with Crippen molar-refractivity contribution in [3.63, 3.8) is 0 Å². The van der Waals surface area contributed by atoms with E-state index >= 15 is 0 Å². The van der Waals surface area contributed by atoms with Crippen molar-refractivity contribution in [2.75, 3.05) is 60.2 Å². The molecule has 0 spiro atoms. The summed E-state index contributed by atoms with van der Waals surface area (Å²) in [6.45, 7) is 3.82. The van der Waals surface area contributed by atoms with Gasteiger partial charge in [-0.1, -0.05) is 0 Å². The van der Waals surface area contributed by atoms with Crippen LogP contribution in [0.4, 0.5) is 0 Å². The Kier molecular flexibility index (Phi) is 9.53. The minimum Gasteiger partial charge on any atom is -0.379 e. The van der Waals surface area contributed by atoms with Crippen molar-refractivity contribution in [3.05, 3.63) is 12.2 Å². The van der Waals surface area contributed by atoms with Gasteiger partial charge in [0, 0.05) is 46.3 Å². The van der Waals surface area contributed by atoms with Gasteiger partial charge < -0.3 is 19.3 Å².